The molecular weight excluding hydrogens is 268 g/mol. The largest absolute Gasteiger partial charge is 0.480 e. The van der Waals surface area contributed by atoms with Gasteiger partial charge in [-0.2, -0.15) is 0 Å². The van der Waals surface area contributed by atoms with Gasteiger partial charge in [-0.15, -0.1) is 11.3 Å². The van der Waals surface area contributed by atoms with Crippen LogP contribution in [-0.2, 0) is 9.59 Å². The smallest absolute Gasteiger partial charge is 0.326 e. The summed E-state index contributed by atoms with van der Waals surface area (Å²) in [7, 11) is 1.50. The molecule has 1 aromatic heterocycles. The van der Waals surface area contributed by atoms with Crippen molar-refractivity contribution in [3.63, 3.8) is 0 Å². The number of hydrogen-bond donors (Lipinski definition) is 2. The van der Waals surface area contributed by atoms with Crippen LogP contribution in [0.3, 0.4) is 0 Å². The van der Waals surface area contributed by atoms with Gasteiger partial charge in [-0.25, -0.2) is 4.79 Å². The number of aliphatic carboxylic acids is 1. The molecule has 7 heteroatoms. The number of rotatable bonds is 6. The molecule has 0 spiro atoms. The molecule has 0 bridgehead atoms. The van der Waals surface area contributed by atoms with Gasteiger partial charge in [0.15, 0.2) is 0 Å². The van der Waals surface area contributed by atoms with Crippen LogP contribution in [0.2, 0.25) is 0 Å². The van der Waals surface area contributed by atoms with E-state index in [0.717, 1.165) is 0 Å². The van der Waals surface area contributed by atoms with Crippen molar-refractivity contribution in [2.24, 2.45) is 0 Å². The average Bonchev–Trinajstić information content (AvgIpc) is 2.88. The van der Waals surface area contributed by atoms with E-state index in [9.17, 15) is 14.4 Å². The lowest BCUT2D eigenvalue weighted by molar-refractivity contribution is -0.141. The summed E-state index contributed by atoms with van der Waals surface area (Å²) in [4.78, 5) is 36.1. The van der Waals surface area contributed by atoms with Gasteiger partial charge in [-0.1, -0.05) is 13.0 Å². The lowest BCUT2D eigenvalue weighted by Gasteiger charge is -2.18. The molecule has 0 aliphatic heterocycles. The maximum Gasteiger partial charge on any atom is 0.326 e. The first-order valence-corrected chi connectivity index (χ1v) is 6.64. The fourth-order valence-corrected chi connectivity index (χ4v) is 2.17. The summed E-state index contributed by atoms with van der Waals surface area (Å²) in [5, 5.41) is 13.0. The van der Waals surface area contributed by atoms with E-state index >= 15 is 0 Å². The Morgan fingerprint density at radius 1 is 1.47 bits per heavy atom. The molecule has 0 radical (unpaired) electrons. The fourth-order valence-electron chi connectivity index (χ4n) is 1.45. The number of carboxylic acids is 1. The Hall–Kier alpha value is -1.89. The van der Waals surface area contributed by atoms with Gasteiger partial charge in [0, 0.05) is 7.05 Å². The maximum absolute atomic E-state index is 11.9. The molecule has 0 aliphatic rings. The number of carbonyl (C=O) groups excluding carboxylic acids is 2. The zero-order chi connectivity index (χ0) is 14.4. The molecule has 0 saturated heterocycles. The van der Waals surface area contributed by atoms with Crippen molar-refractivity contribution in [2.45, 2.75) is 19.4 Å². The molecule has 0 aliphatic carbocycles. The van der Waals surface area contributed by atoms with Crippen molar-refractivity contribution in [2.75, 3.05) is 13.6 Å². The molecular formula is C12H16N2O4S. The highest BCUT2D eigenvalue weighted by atomic mass is 32.1. The van der Waals surface area contributed by atoms with Crippen molar-refractivity contribution in [1.29, 1.82) is 0 Å². The van der Waals surface area contributed by atoms with Gasteiger partial charge in [-0.05, 0) is 17.9 Å². The second-order valence-corrected chi connectivity index (χ2v) is 4.95. The van der Waals surface area contributed by atoms with Gasteiger partial charge in [-0.3, -0.25) is 9.59 Å². The number of nitrogens with zero attached hydrogens (tertiary/aromatic N) is 1. The molecule has 2 N–H and O–H groups in total. The van der Waals surface area contributed by atoms with Crippen LogP contribution in [0.15, 0.2) is 17.5 Å². The Morgan fingerprint density at radius 3 is 2.63 bits per heavy atom. The highest BCUT2D eigenvalue weighted by Crippen LogP contribution is 2.10. The van der Waals surface area contributed by atoms with Crippen LogP contribution in [0.5, 0.6) is 0 Å². The minimum absolute atomic E-state index is 0.166. The minimum Gasteiger partial charge on any atom is -0.480 e. The van der Waals surface area contributed by atoms with E-state index < -0.39 is 17.9 Å². The number of carbonyl (C=O) groups is 3. The predicted molar refractivity (Wildman–Crippen MR) is 71.1 cm³/mol. The number of thiophene rings is 1. The molecule has 2 amide bonds. The first-order chi connectivity index (χ1) is 8.95. The van der Waals surface area contributed by atoms with Gasteiger partial charge in [0.05, 0.1) is 11.4 Å². The number of likely N-dealkylation sites (N-methyl/N-ethyl adjacent to an activating group) is 1. The molecule has 0 saturated carbocycles. The van der Waals surface area contributed by atoms with E-state index in [1.165, 1.54) is 23.3 Å². The predicted octanol–water partition coefficient (Wildman–Crippen LogP) is 0.799. The summed E-state index contributed by atoms with van der Waals surface area (Å²) in [5.74, 6) is -1.82. The number of nitrogens with one attached hydrogen (secondary N) is 1. The minimum atomic E-state index is -1.08. The van der Waals surface area contributed by atoms with E-state index in [2.05, 4.69) is 5.32 Å². The Labute approximate surface area is 115 Å². The van der Waals surface area contributed by atoms with Crippen LogP contribution < -0.4 is 5.32 Å². The lowest BCUT2D eigenvalue weighted by atomic mass is 10.2. The van der Waals surface area contributed by atoms with Crippen LogP contribution in [0.25, 0.3) is 0 Å². The summed E-state index contributed by atoms with van der Waals surface area (Å²) in [6.07, 6.45) is 0.295. The van der Waals surface area contributed by atoms with Crippen LogP contribution in [-0.4, -0.2) is 47.4 Å². The van der Waals surface area contributed by atoms with Crippen molar-refractivity contribution in [3.8, 4) is 0 Å². The normalized spacial score (nSPS) is 11.7. The lowest BCUT2D eigenvalue weighted by Crippen LogP contribution is -2.45. The molecule has 1 heterocycles. The van der Waals surface area contributed by atoms with Gasteiger partial charge in [0.25, 0.3) is 5.91 Å². The summed E-state index contributed by atoms with van der Waals surface area (Å²) in [5.41, 5.74) is 0. The Balaban J connectivity index is 2.52. The highest BCUT2D eigenvalue weighted by molar-refractivity contribution is 7.12. The second kappa shape index (κ2) is 6.89. The van der Waals surface area contributed by atoms with Crippen molar-refractivity contribution in [1.82, 2.24) is 10.2 Å². The number of amides is 2. The molecule has 0 fully saturated rings. The molecule has 6 nitrogen and oxygen atoms in total. The SMILES string of the molecule is CCC(NC(=O)CN(C)C(=O)c1cccs1)C(=O)O. The quantitative estimate of drug-likeness (QED) is 0.809. The third-order valence-electron chi connectivity index (χ3n) is 2.50. The molecule has 1 atom stereocenters. The highest BCUT2D eigenvalue weighted by Gasteiger charge is 2.20. The van der Waals surface area contributed by atoms with Crippen molar-refractivity contribution < 1.29 is 19.5 Å². The van der Waals surface area contributed by atoms with Crippen LogP contribution in [0.1, 0.15) is 23.0 Å². The zero-order valence-electron chi connectivity index (χ0n) is 10.8. The maximum atomic E-state index is 11.9. The van der Waals surface area contributed by atoms with Gasteiger partial charge >= 0.3 is 5.97 Å². The number of hydrogen-bond acceptors (Lipinski definition) is 4. The first-order valence-electron chi connectivity index (χ1n) is 5.76. The van der Waals surface area contributed by atoms with E-state index in [-0.39, 0.29) is 12.5 Å². The Bertz CT molecular complexity index is 458. The second-order valence-electron chi connectivity index (χ2n) is 4.01. The summed E-state index contributed by atoms with van der Waals surface area (Å²) in [6.45, 7) is 1.50. The monoisotopic (exact) mass is 284 g/mol. The van der Waals surface area contributed by atoms with Crippen molar-refractivity contribution in [3.05, 3.63) is 22.4 Å². The topological polar surface area (TPSA) is 86.7 Å². The summed E-state index contributed by atoms with van der Waals surface area (Å²) in [6, 6.07) is 2.51. The number of carboxylic acid groups (broad SMARTS) is 1. The summed E-state index contributed by atoms with van der Waals surface area (Å²) < 4.78 is 0. The van der Waals surface area contributed by atoms with E-state index in [1.807, 2.05) is 0 Å². The Morgan fingerprint density at radius 2 is 2.16 bits per heavy atom. The summed E-state index contributed by atoms with van der Waals surface area (Å²) >= 11 is 1.29. The van der Waals surface area contributed by atoms with Gasteiger partial charge in [0.1, 0.15) is 6.04 Å². The van der Waals surface area contributed by atoms with Crippen LogP contribution in [0.4, 0.5) is 0 Å². The molecule has 0 aromatic carbocycles. The van der Waals surface area contributed by atoms with Gasteiger partial charge in [0.2, 0.25) is 5.91 Å². The molecule has 1 rings (SSSR count). The van der Waals surface area contributed by atoms with Crippen LogP contribution in [0, 0.1) is 0 Å². The van der Waals surface area contributed by atoms with E-state index in [0.29, 0.717) is 11.3 Å². The standard InChI is InChI=1S/C12H16N2O4S/c1-3-8(12(17)18)13-10(15)7-14(2)11(16)9-5-4-6-19-9/h4-6,8H,3,7H2,1-2H3,(H,13,15)(H,17,18). The van der Waals surface area contributed by atoms with Crippen molar-refractivity contribution >= 4 is 29.1 Å². The Kier molecular flexibility index (Phi) is 5.50. The fraction of sp³-hybridized carbons (Fsp3) is 0.417. The zero-order valence-corrected chi connectivity index (χ0v) is 11.6. The van der Waals surface area contributed by atoms with Gasteiger partial charge < -0.3 is 15.3 Å². The van der Waals surface area contributed by atoms with E-state index in [1.54, 1.807) is 24.4 Å². The third-order valence-corrected chi connectivity index (χ3v) is 3.36. The van der Waals surface area contributed by atoms with E-state index in [4.69, 9.17) is 5.11 Å². The molecule has 104 valence electrons. The third kappa shape index (κ3) is 4.36. The van der Waals surface area contributed by atoms with Crippen LogP contribution >= 0.6 is 11.3 Å². The molecule has 1 unspecified atom stereocenters. The molecule has 1 aromatic rings. The first kappa shape index (κ1) is 15.2. The molecule has 19 heavy (non-hydrogen) atoms. The average molecular weight is 284 g/mol.